The third kappa shape index (κ3) is 2.96. The number of anilines is 1. The lowest BCUT2D eigenvalue weighted by atomic mass is 9.83. The third-order valence-electron chi connectivity index (χ3n) is 6.39. The van der Waals surface area contributed by atoms with E-state index in [0.29, 0.717) is 36.4 Å². The predicted octanol–water partition coefficient (Wildman–Crippen LogP) is 3.65. The minimum atomic E-state index is -0.823. The van der Waals surface area contributed by atoms with Crippen molar-refractivity contribution in [1.82, 2.24) is 4.90 Å². The minimum absolute atomic E-state index is 0.0180. The van der Waals surface area contributed by atoms with Crippen LogP contribution in [0.5, 0.6) is 17.2 Å². The summed E-state index contributed by atoms with van der Waals surface area (Å²) in [7, 11) is 1.60. The van der Waals surface area contributed by atoms with E-state index in [9.17, 15) is 9.59 Å². The molecule has 1 saturated heterocycles. The number of ether oxygens (including phenoxy) is 3. The lowest BCUT2D eigenvalue weighted by Gasteiger charge is -2.51. The first-order valence-corrected chi connectivity index (χ1v) is 10.3. The fourth-order valence-electron chi connectivity index (χ4n) is 4.80. The Bertz CT molecular complexity index is 982. The molecule has 0 spiro atoms. The van der Waals surface area contributed by atoms with E-state index >= 15 is 0 Å². The number of nitrogens with zero attached hydrogens (tertiary/aromatic N) is 1. The van der Waals surface area contributed by atoms with Crippen LogP contribution >= 0.6 is 0 Å². The van der Waals surface area contributed by atoms with Crippen LogP contribution in [0.25, 0.3) is 0 Å². The number of β-lactam (4-membered cyclic amide) rings is 1. The Morgan fingerprint density at radius 1 is 1.10 bits per heavy atom. The van der Waals surface area contributed by atoms with Crippen LogP contribution in [0, 0.1) is 0 Å². The fourth-order valence-corrected chi connectivity index (χ4v) is 4.80. The molecule has 5 rings (SSSR count). The van der Waals surface area contributed by atoms with Crippen molar-refractivity contribution in [2.24, 2.45) is 0 Å². The number of benzene rings is 2. The number of carbonyl (C=O) groups excluding carboxylic acids is 2. The first-order chi connectivity index (χ1) is 14.6. The molecule has 1 saturated carbocycles. The van der Waals surface area contributed by atoms with Gasteiger partial charge in [0.2, 0.25) is 18.6 Å². The molecule has 0 aromatic heterocycles. The van der Waals surface area contributed by atoms with Gasteiger partial charge in [-0.2, -0.15) is 0 Å². The zero-order chi connectivity index (χ0) is 20.7. The van der Waals surface area contributed by atoms with E-state index in [-0.39, 0.29) is 24.6 Å². The van der Waals surface area contributed by atoms with Crippen molar-refractivity contribution in [3.63, 3.8) is 0 Å². The van der Waals surface area contributed by atoms with Crippen molar-refractivity contribution >= 4 is 17.5 Å². The number of methoxy groups -OCH3 is 1. The Balaban J connectivity index is 1.42. The molecule has 1 aliphatic carbocycles. The van der Waals surface area contributed by atoms with Crippen LogP contribution in [-0.2, 0) is 9.59 Å². The number of fused-ring (bicyclic) bond motifs is 1. The van der Waals surface area contributed by atoms with Crippen LogP contribution in [-0.4, -0.2) is 36.2 Å². The summed E-state index contributed by atoms with van der Waals surface area (Å²) < 4.78 is 16.1. The summed E-state index contributed by atoms with van der Waals surface area (Å²) in [6.45, 7) is 0.209. The maximum absolute atomic E-state index is 13.5. The highest BCUT2D eigenvalue weighted by Crippen LogP contribution is 2.49. The minimum Gasteiger partial charge on any atom is -0.497 e. The van der Waals surface area contributed by atoms with E-state index in [1.54, 1.807) is 24.1 Å². The molecule has 1 N–H and O–H groups in total. The van der Waals surface area contributed by atoms with Crippen molar-refractivity contribution < 1.29 is 23.8 Å². The van der Waals surface area contributed by atoms with Gasteiger partial charge in [-0.25, -0.2) is 0 Å². The van der Waals surface area contributed by atoms with Crippen LogP contribution in [0.15, 0.2) is 42.5 Å². The molecule has 2 amide bonds. The Labute approximate surface area is 174 Å². The largest absolute Gasteiger partial charge is 0.497 e. The molecule has 1 unspecified atom stereocenters. The Morgan fingerprint density at radius 3 is 2.53 bits per heavy atom. The summed E-state index contributed by atoms with van der Waals surface area (Å²) in [6.07, 6.45) is 3.59. The van der Waals surface area contributed by atoms with Gasteiger partial charge < -0.3 is 24.4 Å². The topological polar surface area (TPSA) is 77.1 Å². The smallest absolute Gasteiger partial charge is 0.250 e. The van der Waals surface area contributed by atoms with Crippen LogP contribution in [0.3, 0.4) is 0 Å². The van der Waals surface area contributed by atoms with E-state index in [4.69, 9.17) is 14.2 Å². The zero-order valence-electron chi connectivity index (χ0n) is 16.8. The monoisotopic (exact) mass is 408 g/mol. The molecule has 2 aliphatic heterocycles. The van der Waals surface area contributed by atoms with Crippen LogP contribution < -0.4 is 19.5 Å². The molecule has 7 heteroatoms. The van der Waals surface area contributed by atoms with E-state index < -0.39 is 5.54 Å². The van der Waals surface area contributed by atoms with Gasteiger partial charge in [0, 0.05) is 5.69 Å². The molecule has 30 heavy (non-hydrogen) atoms. The number of hydrogen-bond acceptors (Lipinski definition) is 5. The summed E-state index contributed by atoms with van der Waals surface area (Å²) in [5.41, 5.74) is 0.845. The van der Waals surface area contributed by atoms with Crippen molar-refractivity contribution in [1.29, 1.82) is 0 Å². The van der Waals surface area contributed by atoms with Crippen LogP contribution in [0.1, 0.15) is 43.7 Å². The second kappa shape index (κ2) is 7.23. The summed E-state index contributed by atoms with van der Waals surface area (Å²) >= 11 is 0. The number of likely N-dealkylation sites (tertiary alicyclic amines) is 1. The maximum Gasteiger partial charge on any atom is 0.250 e. The Hall–Kier alpha value is -3.22. The van der Waals surface area contributed by atoms with Gasteiger partial charge in [0.05, 0.1) is 19.6 Å². The SMILES string of the molecule is COc1ccc(NC(=O)C2(N3C(=O)CC3c3ccc4c(c3)OCO4)CCCC2)cc1. The molecule has 1 atom stereocenters. The summed E-state index contributed by atoms with van der Waals surface area (Å²) in [6, 6.07) is 12.9. The summed E-state index contributed by atoms with van der Waals surface area (Å²) in [5.74, 6) is 2.02. The lowest BCUT2D eigenvalue weighted by Crippen LogP contribution is -2.64. The van der Waals surface area contributed by atoms with Gasteiger partial charge in [-0.05, 0) is 54.8 Å². The van der Waals surface area contributed by atoms with Gasteiger partial charge >= 0.3 is 0 Å². The number of nitrogens with one attached hydrogen (secondary N) is 1. The normalized spacial score (nSPS) is 21.3. The number of hydrogen-bond donors (Lipinski definition) is 1. The average molecular weight is 408 g/mol. The van der Waals surface area contributed by atoms with Gasteiger partial charge in [-0.3, -0.25) is 9.59 Å². The van der Waals surface area contributed by atoms with Gasteiger partial charge in [0.15, 0.2) is 11.5 Å². The van der Waals surface area contributed by atoms with Crippen LogP contribution in [0.4, 0.5) is 5.69 Å². The molecule has 2 aromatic rings. The highest BCUT2D eigenvalue weighted by atomic mass is 16.7. The molecule has 3 aliphatic rings. The first-order valence-electron chi connectivity index (χ1n) is 10.3. The van der Waals surface area contributed by atoms with Crippen LogP contribution in [0.2, 0.25) is 0 Å². The molecule has 7 nitrogen and oxygen atoms in total. The average Bonchev–Trinajstić information content (AvgIpc) is 3.42. The molecular formula is C23H24N2O5. The molecule has 2 fully saturated rings. The van der Waals surface area contributed by atoms with Gasteiger partial charge in [-0.1, -0.05) is 18.9 Å². The number of amides is 2. The quantitative estimate of drug-likeness (QED) is 0.765. The van der Waals surface area contributed by atoms with E-state index in [1.165, 1.54) is 0 Å². The highest BCUT2D eigenvalue weighted by molar-refractivity contribution is 6.02. The van der Waals surface area contributed by atoms with Gasteiger partial charge in [-0.15, -0.1) is 0 Å². The van der Waals surface area contributed by atoms with Gasteiger partial charge in [0.1, 0.15) is 11.3 Å². The summed E-state index contributed by atoms with van der Waals surface area (Å²) in [4.78, 5) is 28.0. The fraction of sp³-hybridized carbons (Fsp3) is 0.391. The van der Waals surface area contributed by atoms with E-state index in [2.05, 4.69) is 5.32 Å². The lowest BCUT2D eigenvalue weighted by molar-refractivity contribution is -0.163. The van der Waals surface area contributed by atoms with Crippen molar-refractivity contribution in [2.75, 3.05) is 19.2 Å². The van der Waals surface area contributed by atoms with E-state index in [1.807, 2.05) is 30.3 Å². The van der Waals surface area contributed by atoms with E-state index in [0.717, 1.165) is 24.2 Å². The van der Waals surface area contributed by atoms with Crippen molar-refractivity contribution in [3.05, 3.63) is 48.0 Å². The number of carbonyl (C=O) groups is 2. The number of rotatable bonds is 5. The molecule has 0 bridgehead atoms. The maximum atomic E-state index is 13.5. The first kappa shape index (κ1) is 18.8. The molecule has 2 aromatic carbocycles. The summed E-state index contributed by atoms with van der Waals surface area (Å²) in [5, 5.41) is 3.03. The zero-order valence-corrected chi connectivity index (χ0v) is 16.8. The van der Waals surface area contributed by atoms with Crippen molar-refractivity contribution in [3.8, 4) is 17.2 Å². The molecule has 0 radical (unpaired) electrons. The predicted molar refractivity (Wildman–Crippen MR) is 110 cm³/mol. The second-order valence-corrected chi connectivity index (χ2v) is 8.02. The Morgan fingerprint density at radius 2 is 1.83 bits per heavy atom. The third-order valence-corrected chi connectivity index (χ3v) is 6.39. The Kier molecular flexibility index (Phi) is 4.53. The second-order valence-electron chi connectivity index (χ2n) is 8.02. The van der Waals surface area contributed by atoms with Gasteiger partial charge in [0.25, 0.3) is 0 Å². The molecular weight excluding hydrogens is 384 g/mol. The molecule has 156 valence electrons. The highest BCUT2D eigenvalue weighted by Gasteiger charge is 2.55. The standard InChI is InChI=1S/C23H24N2O5/c1-28-17-7-5-16(6-8-17)24-22(27)23(10-2-3-11-23)25-18(13-21(25)26)15-4-9-19-20(12-15)30-14-29-19/h4-9,12,18H,2-3,10-11,13-14H2,1H3,(H,24,27). The van der Waals surface area contributed by atoms with Crippen molar-refractivity contribution in [2.45, 2.75) is 43.7 Å². The molecule has 2 heterocycles.